The third-order valence-electron chi connectivity index (χ3n) is 5.19. The number of hydrogen-bond donors (Lipinski definition) is 1. The van der Waals surface area contributed by atoms with Crippen molar-refractivity contribution in [2.75, 3.05) is 13.1 Å². The lowest BCUT2D eigenvalue weighted by Crippen LogP contribution is -2.34. The number of nitrogens with zero attached hydrogens (tertiary/aromatic N) is 1. The summed E-state index contributed by atoms with van der Waals surface area (Å²) in [6.45, 7) is 5.80. The van der Waals surface area contributed by atoms with Crippen molar-refractivity contribution in [3.63, 3.8) is 0 Å². The molecule has 2 aliphatic rings. The van der Waals surface area contributed by atoms with E-state index < -0.39 is 0 Å². The highest BCUT2D eigenvalue weighted by atomic mass is 19.1. The van der Waals surface area contributed by atoms with E-state index >= 15 is 0 Å². The van der Waals surface area contributed by atoms with Crippen LogP contribution in [0.2, 0.25) is 0 Å². The standard InChI is InChI=1S/C18H27FN2/c1-2-20-12-14-7-8-17(19)16(11-14)13-21-10-9-15-5-3-4-6-18(15)21/h7-8,11,15,18,20H,2-6,9-10,12-13H2,1H3. The van der Waals surface area contributed by atoms with Crippen molar-refractivity contribution in [3.05, 3.63) is 35.1 Å². The van der Waals surface area contributed by atoms with E-state index in [-0.39, 0.29) is 5.82 Å². The molecule has 1 heterocycles. The number of hydrogen-bond acceptors (Lipinski definition) is 2. The monoisotopic (exact) mass is 290 g/mol. The Labute approximate surface area is 127 Å². The van der Waals surface area contributed by atoms with Crippen molar-refractivity contribution in [2.45, 2.75) is 58.2 Å². The molecule has 1 aliphatic carbocycles. The van der Waals surface area contributed by atoms with Crippen molar-refractivity contribution in [3.8, 4) is 0 Å². The summed E-state index contributed by atoms with van der Waals surface area (Å²) in [5, 5.41) is 3.31. The third-order valence-corrected chi connectivity index (χ3v) is 5.19. The Bertz CT molecular complexity index is 474. The molecule has 3 rings (SSSR count). The number of fused-ring (bicyclic) bond motifs is 1. The number of rotatable bonds is 5. The normalized spacial score (nSPS) is 26.0. The van der Waals surface area contributed by atoms with Crippen LogP contribution in [0.25, 0.3) is 0 Å². The lowest BCUT2D eigenvalue weighted by Gasteiger charge is -2.31. The van der Waals surface area contributed by atoms with Crippen molar-refractivity contribution >= 4 is 0 Å². The zero-order valence-electron chi connectivity index (χ0n) is 13.1. The maximum absolute atomic E-state index is 14.1. The molecular formula is C18H27FN2. The third kappa shape index (κ3) is 3.46. The van der Waals surface area contributed by atoms with Crippen LogP contribution in [-0.2, 0) is 13.1 Å². The molecule has 2 unspecified atom stereocenters. The molecule has 0 amide bonds. The highest BCUT2D eigenvalue weighted by Crippen LogP contribution is 2.37. The minimum Gasteiger partial charge on any atom is -0.313 e. The molecule has 21 heavy (non-hydrogen) atoms. The lowest BCUT2D eigenvalue weighted by atomic mass is 9.85. The van der Waals surface area contributed by atoms with Gasteiger partial charge in [0.2, 0.25) is 0 Å². The van der Waals surface area contributed by atoms with Crippen LogP contribution in [-0.4, -0.2) is 24.0 Å². The Kier molecular flexibility index (Phi) is 4.91. The van der Waals surface area contributed by atoms with Crippen LogP contribution in [0.1, 0.15) is 50.2 Å². The van der Waals surface area contributed by atoms with Gasteiger partial charge >= 0.3 is 0 Å². The first-order valence-electron chi connectivity index (χ1n) is 8.50. The van der Waals surface area contributed by atoms with Crippen molar-refractivity contribution in [1.29, 1.82) is 0 Å². The largest absolute Gasteiger partial charge is 0.313 e. The van der Waals surface area contributed by atoms with Crippen LogP contribution in [0.5, 0.6) is 0 Å². The van der Waals surface area contributed by atoms with E-state index in [1.807, 2.05) is 12.1 Å². The Morgan fingerprint density at radius 3 is 2.95 bits per heavy atom. The fourth-order valence-corrected chi connectivity index (χ4v) is 4.05. The summed E-state index contributed by atoms with van der Waals surface area (Å²) < 4.78 is 14.1. The summed E-state index contributed by atoms with van der Waals surface area (Å²) >= 11 is 0. The fraction of sp³-hybridized carbons (Fsp3) is 0.667. The maximum atomic E-state index is 14.1. The Morgan fingerprint density at radius 1 is 1.24 bits per heavy atom. The number of benzene rings is 1. The smallest absolute Gasteiger partial charge is 0.127 e. The molecule has 116 valence electrons. The molecule has 0 aromatic heterocycles. The van der Waals surface area contributed by atoms with Gasteiger partial charge in [0.15, 0.2) is 0 Å². The fourth-order valence-electron chi connectivity index (χ4n) is 4.05. The van der Waals surface area contributed by atoms with Crippen LogP contribution in [0.3, 0.4) is 0 Å². The molecule has 0 bridgehead atoms. The Balaban J connectivity index is 1.69. The summed E-state index contributed by atoms with van der Waals surface area (Å²) in [4.78, 5) is 2.53. The van der Waals surface area contributed by atoms with Crippen LogP contribution < -0.4 is 5.32 Å². The van der Waals surface area contributed by atoms with Gasteiger partial charge in [0.25, 0.3) is 0 Å². The minimum atomic E-state index is -0.0468. The van der Waals surface area contributed by atoms with Gasteiger partial charge in [0.1, 0.15) is 5.82 Å². The molecule has 1 saturated heterocycles. The van der Waals surface area contributed by atoms with E-state index in [9.17, 15) is 4.39 Å². The van der Waals surface area contributed by atoms with Gasteiger partial charge < -0.3 is 5.32 Å². The van der Waals surface area contributed by atoms with Gasteiger partial charge in [-0.2, -0.15) is 0 Å². The first kappa shape index (κ1) is 15.0. The van der Waals surface area contributed by atoms with Gasteiger partial charge in [-0.15, -0.1) is 0 Å². The lowest BCUT2D eigenvalue weighted by molar-refractivity contribution is 0.174. The Morgan fingerprint density at radius 2 is 2.10 bits per heavy atom. The Hall–Kier alpha value is -0.930. The zero-order chi connectivity index (χ0) is 14.7. The molecule has 2 atom stereocenters. The first-order valence-corrected chi connectivity index (χ1v) is 8.50. The van der Waals surface area contributed by atoms with E-state index in [1.165, 1.54) is 37.7 Å². The van der Waals surface area contributed by atoms with Crippen LogP contribution in [0.4, 0.5) is 4.39 Å². The average Bonchev–Trinajstić information content (AvgIpc) is 2.91. The predicted molar refractivity (Wildman–Crippen MR) is 84.6 cm³/mol. The molecule has 1 aromatic rings. The van der Waals surface area contributed by atoms with Crippen molar-refractivity contribution in [2.24, 2.45) is 5.92 Å². The topological polar surface area (TPSA) is 15.3 Å². The molecular weight excluding hydrogens is 263 g/mol. The molecule has 1 saturated carbocycles. The second kappa shape index (κ2) is 6.89. The molecule has 1 aliphatic heterocycles. The summed E-state index contributed by atoms with van der Waals surface area (Å²) in [6.07, 6.45) is 6.74. The van der Waals surface area contributed by atoms with E-state index in [0.29, 0.717) is 6.04 Å². The van der Waals surface area contributed by atoms with Crippen molar-refractivity contribution < 1.29 is 4.39 Å². The van der Waals surface area contributed by atoms with Gasteiger partial charge in [0.05, 0.1) is 0 Å². The van der Waals surface area contributed by atoms with Crippen molar-refractivity contribution in [1.82, 2.24) is 10.2 Å². The molecule has 0 spiro atoms. The van der Waals surface area contributed by atoms with E-state index in [1.54, 1.807) is 6.07 Å². The minimum absolute atomic E-state index is 0.0468. The van der Waals surface area contributed by atoms with E-state index in [2.05, 4.69) is 17.1 Å². The highest BCUT2D eigenvalue weighted by molar-refractivity contribution is 5.25. The molecule has 0 radical (unpaired) electrons. The van der Waals surface area contributed by atoms with Gasteiger partial charge in [-0.25, -0.2) is 4.39 Å². The van der Waals surface area contributed by atoms with E-state index in [0.717, 1.165) is 37.7 Å². The predicted octanol–water partition coefficient (Wildman–Crippen LogP) is 3.70. The maximum Gasteiger partial charge on any atom is 0.127 e. The van der Waals surface area contributed by atoms with Gasteiger partial charge in [0, 0.05) is 24.7 Å². The summed E-state index contributed by atoms with van der Waals surface area (Å²) in [6, 6.07) is 6.29. The number of nitrogens with one attached hydrogen (secondary N) is 1. The molecule has 1 aromatic carbocycles. The molecule has 3 heteroatoms. The number of halogens is 1. The summed E-state index contributed by atoms with van der Waals surface area (Å²) in [7, 11) is 0. The van der Waals surface area contributed by atoms with Gasteiger partial charge in [-0.3, -0.25) is 4.90 Å². The van der Waals surface area contributed by atoms with Crippen LogP contribution >= 0.6 is 0 Å². The first-order chi connectivity index (χ1) is 10.3. The molecule has 2 nitrogen and oxygen atoms in total. The van der Waals surface area contributed by atoms with Gasteiger partial charge in [-0.05, 0) is 49.9 Å². The second-order valence-electron chi connectivity index (χ2n) is 6.58. The zero-order valence-corrected chi connectivity index (χ0v) is 13.1. The molecule has 2 fully saturated rings. The highest BCUT2D eigenvalue weighted by Gasteiger charge is 2.35. The summed E-state index contributed by atoms with van der Waals surface area (Å²) in [5.74, 6) is 0.821. The quantitative estimate of drug-likeness (QED) is 0.889. The summed E-state index contributed by atoms with van der Waals surface area (Å²) in [5.41, 5.74) is 2.06. The number of likely N-dealkylation sites (tertiary alicyclic amines) is 1. The van der Waals surface area contributed by atoms with E-state index in [4.69, 9.17) is 0 Å². The van der Waals surface area contributed by atoms with Gasteiger partial charge in [-0.1, -0.05) is 31.9 Å². The second-order valence-corrected chi connectivity index (χ2v) is 6.58. The average molecular weight is 290 g/mol. The molecule has 1 N–H and O–H groups in total. The van der Waals surface area contributed by atoms with Crippen LogP contribution in [0.15, 0.2) is 18.2 Å². The van der Waals surface area contributed by atoms with Crippen LogP contribution in [0, 0.1) is 11.7 Å². The SMILES string of the molecule is CCNCc1ccc(F)c(CN2CCC3CCCCC32)c1.